The maximum Gasteiger partial charge on any atom is 0.305 e. The molecule has 5 amide bonds. The number of aromatic nitrogens is 4. The van der Waals surface area contributed by atoms with Gasteiger partial charge >= 0.3 is 5.97 Å². The molecular formula is C26H31N11O8. The number of aromatic hydroxyl groups is 1. The first kappa shape index (κ1) is 33.4. The maximum atomic E-state index is 12.5. The molecule has 0 radical (unpaired) electrons. The van der Waals surface area contributed by atoms with Crippen LogP contribution in [-0.2, 0) is 30.5 Å². The summed E-state index contributed by atoms with van der Waals surface area (Å²) in [6, 6.07) is 5.07. The molecule has 3 aromatic rings. The van der Waals surface area contributed by atoms with Crippen molar-refractivity contribution in [3.8, 4) is 5.88 Å². The smallest absolute Gasteiger partial charge is 0.305 e. The number of carbonyl (C=O) groups excluding carboxylic acids is 5. The highest BCUT2D eigenvalue weighted by Gasteiger charge is 2.24. The van der Waals surface area contributed by atoms with Crippen LogP contribution in [0.3, 0.4) is 0 Å². The molecule has 45 heavy (non-hydrogen) atoms. The molecule has 1 unspecified atom stereocenters. The first-order valence-corrected chi connectivity index (χ1v) is 13.4. The minimum Gasteiger partial charge on any atom is -0.492 e. The lowest BCUT2D eigenvalue weighted by Crippen LogP contribution is -2.50. The Morgan fingerprint density at radius 2 is 1.64 bits per heavy atom. The topological polar surface area (TPSA) is 307 Å². The number of hydrogen-bond donors (Lipinski definition) is 9. The number of aliphatic carboxylic acids is 1. The van der Waals surface area contributed by atoms with Crippen molar-refractivity contribution in [2.75, 3.05) is 30.7 Å². The van der Waals surface area contributed by atoms with Gasteiger partial charge in [-0.15, -0.1) is 0 Å². The lowest BCUT2D eigenvalue weighted by Gasteiger charge is -2.17. The van der Waals surface area contributed by atoms with Crippen LogP contribution in [0.15, 0.2) is 30.5 Å². The van der Waals surface area contributed by atoms with Crippen LogP contribution in [-0.4, -0.2) is 91.3 Å². The van der Waals surface area contributed by atoms with Gasteiger partial charge in [0, 0.05) is 24.2 Å². The van der Waals surface area contributed by atoms with Gasteiger partial charge in [0.05, 0.1) is 37.9 Å². The van der Waals surface area contributed by atoms with E-state index in [9.17, 15) is 33.9 Å². The number of carboxylic acid groups (broad SMARTS) is 1. The third kappa shape index (κ3) is 10.9. The van der Waals surface area contributed by atoms with E-state index in [0.717, 1.165) is 0 Å². The normalized spacial score (nSPS) is 11.2. The molecule has 2 aromatic heterocycles. The summed E-state index contributed by atoms with van der Waals surface area (Å²) in [6.45, 7) is -0.628. The number of benzene rings is 1. The summed E-state index contributed by atoms with van der Waals surface area (Å²) in [5, 5.41) is 31.4. The van der Waals surface area contributed by atoms with Gasteiger partial charge in [-0.25, -0.2) is 9.97 Å². The summed E-state index contributed by atoms with van der Waals surface area (Å²) >= 11 is 0. The van der Waals surface area contributed by atoms with Crippen molar-refractivity contribution in [3.63, 3.8) is 0 Å². The molecule has 0 saturated heterocycles. The van der Waals surface area contributed by atoms with Crippen molar-refractivity contribution >= 4 is 58.3 Å². The predicted molar refractivity (Wildman–Crippen MR) is 156 cm³/mol. The predicted octanol–water partition coefficient (Wildman–Crippen LogP) is -2.49. The van der Waals surface area contributed by atoms with Crippen molar-refractivity contribution in [3.05, 3.63) is 41.7 Å². The van der Waals surface area contributed by atoms with Crippen molar-refractivity contribution in [1.29, 1.82) is 0 Å². The Hall–Kier alpha value is -6.14. The Bertz CT molecular complexity index is 1580. The summed E-state index contributed by atoms with van der Waals surface area (Å²) < 4.78 is 0. The van der Waals surface area contributed by atoms with Crippen molar-refractivity contribution in [2.24, 2.45) is 5.73 Å². The van der Waals surface area contributed by atoms with E-state index in [1.165, 1.54) is 6.20 Å². The largest absolute Gasteiger partial charge is 0.492 e. The van der Waals surface area contributed by atoms with E-state index in [0.29, 0.717) is 16.9 Å². The molecule has 0 saturated carbocycles. The Morgan fingerprint density at radius 1 is 0.911 bits per heavy atom. The van der Waals surface area contributed by atoms with Gasteiger partial charge in [0.2, 0.25) is 35.5 Å². The van der Waals surface area contributed by atoms with Gasteiger partial charge in [-0.1, -0.05) is 0 Å². The summed E-state index contributed by atoms with van der Waals surface area (Å²) in [5.41, 5.74) is 12.2. The van der Waals surface area contributed by atoms with Gasteiger partial charge in [-0.3, -0.25) is 28.8 Å². The Balaban J connectivity index is 1.40. The molecule has 0 bridgehead atoms. The first-order chi connectivity index (χ1) is 21.4. The number of primary amides is 1. The van der Waals surface area contributed by atoms with E-state index in [2.05, 4.69) is 46.5 Å². The monoisotopic (exact) mass is 625 g/mol. The van der Waals surface area contributed by atoms with Gasteiger partial charge in [-0.2, -0.15) is 9.97 Å². The average Bonchev–Trinajstić information content (AvgIpc) is 2.99. The van der Waals surface area contributed by atoms with E-state index in [1.54, 1.807) is 24.3 Å². The van der Waals surface area contributed by atoms with Crippen molar-refractivity contribution in [2.45, 2.75) is 31.8 Å². The molecule has 0 fully saturated rings. The van der Waals surface area contributed by atoms with Crippen LogP contribution in [0.4, 0.5) is 11.6 Å². The second kappa shape index (κ2) is 15.9. The van der Waals surface area contributed by atoms with Crippen LogP contribution in [0.2, 0.25) is 0 Å². The number of anilines is 2. The molecule has 1 aromatic carbocycles. The zero-order chi connectivity index (χ0) is 32.9. The SMILES string of the molecule is NC(=O)CNC(=O)CNC(=O)C(CC(=O)O)NC(=O)CCCNC(=O)c1ccc(NCc2cnc3nc(N)nc(O)c3n2)cc1. The maximum absolute atomic E-state index is 12.5. The molecule has 1 atom stereocenters. The number of rotatable bonds is 16. The van der Waals surface area contributed by atoms with Gasteiger partial charge < -0.3 is 48.3 Å². The fraction of sp³-hybridized carbons (Fsp3) is 0.308. The van der Waals surface area contributed by atoms with Crippen molar-refractivity contribution in [1.82, 2.24) is 41.2 Å². The number of nitrogens with two attached hydrogens (primary N) is 2. The third-order valence-corrected chi connectivity index (χ3v) is 5.86. The van der Waals surface area contributed by atoms with Gasteiger partial charge in [0.15, 0.2) is 11.2 Å². The van der Waals surface area contributed by atoms with E-state index in [1.807, 2.05) is 0 Å². The number of carboxylic acids is 1. The average molecular weight is 626 g/mol. The first-order valence-electron chi connectivity index (χ1n) is 13.4. The molecule has 0 spiro atoms. The third-order valence-electron chi connectivity index (χ3n) is 5.86. The number of amides is 5. The highest BCUT2D eigenvalue weighted by Crippen LogP contribution is 2.19. The van der Waals surface area contributed by atoms with Crippen LogP contribution in [0.5, 0.6) is 5.88 Å². The van der Waals surface area contributed by atoms with Crippen molar-refractivity contribution < 1.29 is 39.0 Å². The zero-order valence-corrected chi connectivity index (χ0v) is 23.7. The molecule has 0 aliphatic carbocycles. The molecule has 2 heterocycles. The Kier molecular flexibility index (Phi) is 11.8. The number of nitrogen functional groups attached to an aromatic ring is 1. The lowest BCUT2D eigenvalue weighted by molar-refractivity contribution is -0.140. The standard InChI is InChI=1S/C26H31N11O8/c27-17(38)11-31-19(40)12-33-24(44)16(8-20(41)42)35-18(39)2-1-7-29-23(43)13-3-5-14(6-4-13)30-9-15-10-32-22-21(34-15)25(45)37-26(28)36-22/h3-6,10,16,30H,1-2,7-9,11-12H2,(H2,27,38)(H,29,43)(H,31,40)(H,33,44)(H,35,39)(H,41,42)(H3,28,32,36,37,45). The molecule has 19 nitrogen and oxygen atoms in total. The van der Waals surface area contributed by atoms with Crippen LogP contribution in [0, 0.1) is 0 Å². The summed E-state index contributed by atoms with van der Waals surface area (Å²) in [5.74, 6) is -5.31. The molecular weight excluding hydrogens is 594 g/mol. The summed E-state index contributed by atoms with van der Waals surface area (Å²) in [4.78, 5) is 86.5. The summed E-state index contributed by atoms with van der Waals surface area (Å²) in [7, 11) is 0. The quantitative estimate of drug-likeness (QED) is 0.0744. The molecule has 3 rings (SSSR count). The van der Waals surface area contributed by atoms with E-state index in [-0.39, 0.29) is 48.9 Å². The van der Waals surface area contributed by atoms with E-state index >= 15 is 0 Å². The van der Waals surface area contributed by atoms with E-state index < -0.39 is 61.1 Å². The van der Waals surface area contributed by atoms with Crippen LogP contribution < -0.4 is 38.1 Å². The number of nitrogens with zero attached hydrogens (tertiary/aromatic N) is 4. The number of hydrogen-bond acceptors (Lipinski definition) is 13. The van der Waals surface area contributed by atoms with Gasteiger partial charge in [0.1, 0.15) is 6.04 Å². The molecule has 11 N–H and O–H groups in total. The second-order valence-corrected chi connectivity index (χ2v) is 9.41. The van der Waals surface area contributed by atoms with Gasteiger partial charge in [-0.05, 0) is 30.7 Å². The Morgan fingerprint density at radius 3 is 2.33 bits per heavy atom. The lowest BCUT2D eigenvalue weighted by atomic mass is 10.1. The molecule has 238 valence electrons. The molecule has 0 aliphatic heterocycles. The number of carbonyl (C=O) groups is 6. The van der Waals surface area contributed by atoms with E-state index in [4.69, 9.17) is 16.6 Å². The fourth-order valence-electron chi connectivity index (χ4n) is 3.71. The second-order valence-electron chi connectivity index (χ2n) is 9.41. The minimum absolute atomic E-state index is 0.110. The van der Waals surface area contributed by atoms with Crippen LogP contribution in [0.1, 0.15) is 35.3 Å². The Labute approximate surface area is 254 Å². The molecule has 0 aliphatic rings. The highest BCUT2D eigenvalue weighted by molar-refractivity contribution is 5.95. The van der Waals surface area contributed by atoms with Crippen LogP contribution in [0.25, 0.3) is 11.2 Å². The summed E-state index contributed by atoms with van der Waals surface area (Å²) in [6.07, 6.45) is 0.807. The van der Waals surface area contributed by atoms with Gasteiger partial charge in [0.25, 0.3) is 5.91 Å². The number of nitrogens with one attached hydrogen (secondary N) is 5. The number of fused-ring (bicyclic) bond motifs is 1. The fourth-order valence-corrected chi connectivity index (χ4v) is 3.71. The molecule has 19 heteroatoms. The zero-order valence-electron chi connectivity index (χ0n) is 23.7. The van der Waals surface area contributed by atoms with Crippen LogP contribution >= 0.6 is 0 Å². The highest BCUT2D eigenvalue weighted by atomic mass is 16.4. The minimum atomic E-state index is -1.45.